The Hall–Kier alpha value is -3.52. The second-order valence-corrected chi connectivity index (χ2v) is 8.02. The molecular weight excluding hydrogens is 376 g/mol. The van der Waals surface area contributed by atoms with E-state index < -0.39 is 0 Å². The number of hydrogen-bond donors (Lipinski definition) is 2. The van der Waals surface area contributed by atoms with Gasteiger partial charge in [-0.1, -0.05) is 6.07 Å². The van der Waals surface area contributed by atoms with Crippen LogP contribution in [0.3, 0.4) is 0 Å². The van der Waals surface area contributed by atoms with Crippen LogP contribution in [0.5, 0.6) is 0 Å². The van der Waals surface area contributed by atoms with Gasteiger partial charge in [0.05, 0.1) is 17.4 Å². The van der Waals surface area contributed by atoms with Crippen molar-refractivity contribution < 1.29 is 0 Å². The quantitative estimate of drug-likeness (QED) is 0.547. The number of nitrogens with zero attached hydrogens (tertiary/aromatic N) is 6. The molecule has 2 N–H and O–H groups in total. The van der Waals surface area contributed by atoms with Crippen LogP contribution < -0.4 is 15.5 Å². The first-order valence-corrected chi connectivity index (χ1v) is 10.2. The number of benzene rings is 1. The fourth-order valence-corrected chi connectivity index (χ4v) is 4.54. The van der Waals surface area contributed by atoms with Gasteiger partial charge in [0, 0.05) is 55.2 Å². The molecule has 5 heterocycles. The number of nitrogens with one attached hydrogen (secondary N) is 2. The summed E-state index contributed by atoms with van der Waals surface area (Å²) in [5.41, 5.74) is 3.23. The van der Waals surface area contributed by atoms with Crippen molar-refractivity contribution in [3.8, 4) is 5.69 Å². The van der Waals surface area contributed by atoms with E-state index in [2.05, 4.69) is 61.7 Å². The predicted octanol–water partition coefficient (Wildman–Crippen LogP) is 2.81. The van der Waals surface area contributed by atoms with Gasteiger partial charge in [0.25, 0.3) is 0 Å². The molecule has 0 aliphatic carbocycles. The minimum Gasteiger partial charge on any atom is -0.351 e. The molecule has 0 radical (unpaired) electrons. The summed E-state index contributed by atoms with van der Waals surface area (Å²) in [7, 11) is 0. The van der Waals surface area contributed by atoms with E-state index in [9.17, 15) is 0 Å². The number of rotatable bonds is 4. The number of pyridine rings is 1. The van der Waals surface area contributed by atoms with Crippen molar-refractivity contribution in [1.82, 2.24) is 30.0 Å². The van der Waals surface area contributed by atoms with Crippen LogP contribution in [-0.2, 0) is 0 Å². The van der Waals surface area contributed by atoms with E-state index in [1.54, 1.807) is 18.6 Å². The standard InChI is InChI=1S/C22H22N8/c1-14-2-3-18-19(8-14)30(28-22(18)27-20-12-23-6-7-24-20)16-4-5-25-21(10-16)29-13-15-9-17(29)11-26-15/h2-8,10,12,15,17,26H,9,11,13H2,1H3,(H,24,27,28)/t15-,17-/m0/s1. The Morgan fingerprint density at radius 2 is 2.07 bits per heavy atom. The highest BCUT2D eigenvalue weighted by atomic mass is 15.3. The molecular formula is C22H22N8. The van der Waals surface area contributed by atoms with Crippen molar-refractivity contribution >= 4 is 28.4 Å². The minimum atomic E-state index is 0.531. The molecule has 3 aromatic heterocycles. The van der Waals surface area contributed by atoms with Crippen molar-refractivity contribution in [3.05, 3.63) is 60.7 Å². The summed E-state index contributed by atoms with van der Waals surface area (Å²) in [6.45, 7) is 4.14. The number of aromatic nitrogens is 5. The molecule has 0 saturated carbocycles. The van der Waals surface area contributed by atoms with Crippen LogP contribution in [0.4, 0.5) is 17.5 Å². The highest BCUT2D eigenvalue weighted by Crippen LogP contribution is 2.31. The smallest absolute Gasteiger partial charge is 0.162 e. The monoisotopic (exact) mass is 398 g/mol. The number of fused-ring (bicyclic) bond motifs is 3. The van der Waals surface area contributed by atoms with E-state index in [0.717, 1.165) is 41.3 Å². The van der Waals surface area contributed by atoms with Gasteiger partial charge in [0.2, 0.25) is 0 Å². The zero-order valence-corrected chi connectivity index (χ0v) is 16.7. The van der Waals surface area contributed by atoms with Gasteiger partial charge in [-0.3, -0.25) is 4.98 Å². The molecule has 8 nitrogen and oxygen atoms in total. The van der Waals surface area contributed by atoms with Crippen LogP contribution in [0.15, 0.2) is 55.1 Å². The van der Waals surface area contributed by atoms with E-state index in [-0.39, 0.29) is 0 Å². The van der Waals surface area contributed by atoms with Crippen molar-refractivity contribution in [2.45, 2.75) is 25.4 Å². The van der Waals surface area contributed by atoms with Crippen LogP contribution >= 0.6 is 0 Å². The Morgan fingerprint density at radius 1 is 1.10 bits per heavy atom. The zero-order valence-electron chi connectivity index (χ0n) is 16.7. The topological polar surface area (TPSA) is 83.8 Å². The molecule has 8 heteroatoms. The highest BCUT2D eigenvalue weighted by Gasteiger charge is 2.38. The first-order valence-electron chi connectivity index (χ1n) is 10.2. The summed E-state index contributed by atoms with van der Waals surface area (Å²) in [4.78, 5) is 15.5. The van der Waals surface area contributed by atoms with Crippen molar-refractivity contribution in [1.29, 1.82) is 0 Å². The van der Waals surface area contributed by atoms with Crippen LogP contribution in [0.25, 0.3) is 16.6 Å². The molecule has 2 atom stereocenters. The molecule has 2 aliphatic heterocycles. The predicted molar refractivity (Wildman–Crippen MR) is 116 cm³/mol. The molecule has 2 bridgehead atoms. The van der Waals surface area contributed by atoms with E-state index in [4.69, 9.17) is 5.10 Å². The van der Waals surface area contributed by atoms with Crippen molar-refractivity contribution in [2.24, 2.45) is 0 Å². The van der Waals surface area contributed by atoms with Crippen LogP contribution in [0, 0.1) is 6.92 Å². The SMILES string of the molecule is Cc1ccc2c(Nc3cnccn3)nn(-c3ccnc(N4C[C@@H]5C[C@H]4CN5)c3)c2c1. The Kier molecular flexibility index (Phi) is 3.92. The number of anilines is 3. The van der Waals surface area contributed by atoms with Gasteiger partial charge in [0.1, 0.15) is 11.6 Å². The van der Waals surface area contributed by atoms with Crippen LogP contribution in [0.2, 0.25) is 0 Å². The molecule has 4 aromatic rings. The minimum absolute atomic E-state index is 0.531. The largest absolute Gasteiger partial charge is 0.351 e. The van der Waals surface area contributed by atoms with E-state index >= 15 is 0 Å². The Bertz CT molecular complexity index is 1220. The van der Waals surface area contributed by atoms with E-state index in [1.807, 2.05) is 16.9 Å². The lowest BCUT2D eigenvalue weighted by atomic mass is 10.2. The maximum Gasteiger partial charge on any atom is 0.162 e. The van der Waals surface area contributed by atoms with Gasteiger partial charge in [-0.05, 0) is 37.1 Å². The molecule has 6 rings (SSSR count). The Morgan fingerprint density at radius 3 is 2.87 bits per heavy atom. The molecule has 150 valence electrons. The number of hydrogen-bond acceptors (Lipinski definition) is 7. The zero-order chi connectivity index (χ0) is 20.1. The average molecular weight is 398 g/mol. The first kappa shape index (κ1) is 17.3. The third-order valence-corrected chi connectivity index (χ3v) is 5.97. The van der Waals surface area contributed by atoms with Gasteiger partial charge in [-0.15, -0.1) is 5.10 Å². The lowest BCUT2D eigenvalue weighted by Crippen LogP contribution is -2.44. The van der Waals surface area contributed by atoms with Gasteiger partial charge >= 0.3 is 0 Å². The van der Waals surface area contributed by atoms with Gasteiger partial charge < -0.3 is 15.5 Å². The van der Waals surface area contributed by atoms with E-state index in [1.165, 1.54) is 12.0 Å². The molecule has 1 aromatic carbocycles. The summed E-state index contributed by atoms with van der Waals surface area (Å²) < 4.78 is 1.98. The van der Waals surface area contributed by atoms with Crippen LogP contribution in [0.1, 0.15) is 12.0 Å². The lowest BCUT2D eigenvalue weighted by Gasteiger charge is -2.28. The highest BCUT2D eigenvalue weighted by molar-refractivity contribution is 5.93. The average Bonchev–Trinajstić information content (AvgIpc) is 3.49. The van der Waals surface area contributed by atoms with Crippen LogP contribution in [-0.4, -0.2) is 49.9 Å². The number of piperazine rings is 1. The molecule has 0 amide bonds. The molecule has 2 aliphatic rings. The number of aryl methyl sites for hydroxylation is 1. The molecule has 30 heavy (non-hydrogen) atoms. The summed E-state index contributed by atoms with van der Waals surface area (Å²) in [5.74, 6) is 2.44. The molecule has 2 saturated heterocycles. The van der Waals surface area contributed by atoms with Crippen molar-refractivity contribution in [2.75, 3.05) is 23.3 Å². The van der Waals surface area contributed by atoms with Gasteiger partial charge in [-0.2, -0.15) is 0 Å². The third-order valence-electron chi connectivity index (χ3n) is 5.97. The van der Waals surface area contributed by atoms with Gasteiger partial charge in [-0.25, -0.2) is 14.6 Å². The lowest BCUT2D eigenvalue weighted by molar-refractivity contribution is 0.576. The second kappa shape index (κ2) is 6.77. The summed E-state index contributed by atoms with van der Waals surface area (Å²) in [6, 6.07) is 11.6. The molecule has 0 unspecified atom stereocenters. The summed E-state index contributed by atoms with van der Waals surface area (Å²) >= 11 is 0. The molecule has 0 spiro atoms. The summed E-state index contributed by atoms with van der Waals surface area (Å²) in [5, 5.41) is 12.8. The fraction of sp³-hybridized carbons (Fsp3) is 0.273. The fourth-order valence-electron chi connectivity index (χ4n) is 4.54. The van der Waals surface area contributed by atoms with E-state index in [0.29, 0.717) is 17.9 Å². The normalized spacial score (nSPS) is 20.2. The summed E-state index contributed by atoms with van der Waals surface area (Å²) in [6.07, 6.45) is 8.09. The first-order chi connectivity index (χ1) is 14.7. The second-order valence-electron chi connectivity index (χ2n) is 8.02. The maximum absolute atomic E-state index is 4.89. The van der Waals surface area contributed by atoms with Gasteiger partial charge in [0.15, 0.2) is 5.82 Å². The third kappa shape index (κ3) is 2.88. The Balaban J connectivity index is 1.43. The Labute approximate surface area is 174 Å². The maximum atomic E-state index is 4.89. The molecule has 2 fully saturated rings. The van der Waals surface area contributed by atoms with Crippen molar-refractivity contribution in [3.63, 3.8) is 0 Å².